The van der Waals surface area contributed by atoms with Gasteiger partial charge in [0.25, 0.3) is 0 Å². The van der Waals surface area contributed by atoms with Crippen LogP contribution in [0.1, 0.15) is 32.6 Å². The predicted octanol–water partition coefficient (Wildman–Crippen LogP) is 1.82. The molecule has 0 fully saturated rings. The molecule has 0 unspecified atom stereocenters. The molecule has 0 bridgehead atoms. The van der Waals surface area contributed by atoms with Crippen molar-refractivity contribution in [2.24, 2.45) is 0 Å². The Kier molecular flexibility index (Phi) is 9.55. The molecule has 0 aromatic rings. The quantitative estimate of drug-likeness (QED) is 0.460. The number of carbonyl (C=O) groups is 2. The van der Waals surface area contributed by atoms with Crippen LogP contribution >= 0.6 is 12.3 Å². The summed E-state index contributed by atoms with van der Waals surface area (Å²) in [6, 6.07) is 0. The van der Waals surface area contributed by atoms with Crippen LogP contribution in [0.2, 0.25) is 0 Å². The average molecular weight is 236 g/mol. The topological polar surface area (TPSA) is 72.8 Å². The number of carboxylic acid groups (broad SMARTS) is 1. The van der Waals surface area contributed by atoms with E-state index < -0.39 is 5.97 Å². The number of aliphatic carboxylic acids is 1. The molecule has 6 heteroatoms. The maximum Gasteiger partial charge on any atom is 0.303 e. The van der Waals surface area contributed by atoms with E-state index in [0.717, 1.165) is 12.3 Å². The second kappa shape index (κ2) is 9.95. The number of Topliss-reactive ketones (excluding diaryl/α,β-unsaturated/α-hetero) is 1. The molecule has 0 atom stereocenters. The van der Waals surface area contributed by atoms with Gasteiger partial charge in [-0.3, -0.25) is 13.2 Å². The Balaban J connectivity index is 2.99. The van der Waals surface area contributed by atoms with Gasteiger partial charge in [0.05, 0.1) is 13.2 Å². The van der Waals surface area contributed by atoms with Crippen molar-refractivity contribution in [3.8, 4) is 0 Å². The van der Waals surface area contributed by atoms with Gasteiger partial charge in [-0.25, -0.2) is 0 Å². The SMILES string of the molecule is CC(=O)CCCOSOCCCC(=O)O. The molecule has 1 N–H and O–H groups in total. The average Bonchev–Trinajstić information content (AvgIpc) is 2.14. The van der Waals surface area contributed by atoms with Gasteiger partial charge < -0.3 is 9.90 Å². The highest BCUT2D eigenvalue weighted by atomic mass is 32.2. The van der Waals surface area contributed by atoms with Crippen molar-refractivity contribution in [1.82, 2.24) is 0 Å². The Labute approximate surface area is 93.5 Å². The van der Waals surface area contributed by atoms with Crippen LogP contribution in [-0.4, -0.2) is 30.1 Å². The van der Waals surface area contributed by atoms with Crippen molar-refractivity contribution < 1.29 is 23.1 Å². The summed E-state index contributed by atoms with van der Waals surface area (Å²) in [7, 11) is 0. The van der Waals surface area contributed by atoms with Crippen LogP contribution in [0.4, 0.5) is 0 Å². The minimum absolute atomic E-state index is 0.102. The zero-order valence-electron chi connectivity index (χ0n) is 8.73. The summed E-state index contributed by atoms with van der Waals surface area (Å²) in [5.41, 5.74) is 0. The first kappa shape index (κ1) is 14.4. The standard InChI is InChI=1S/C9H16O5S/c1-8(10)4-2-6-13-15-14-7-3-5-9(11)12/h2-7H2,1H3,(H,11,12). The molecule has 0 amide bonds. The molecule has 0 aromatic heterocycles. The lowest BCUT2D eigenvalue weighted by molar-refractivity contribution is -0.137. The highest BCUT2D eigenvalue weighted by Gasteiger charge is 1.98. The van der Waals surface area contributed by atoms with Crippen LogP contribution in [-0.2, 0) is 18.0 Å². The lowest BCUT2D eigenvalue weighted by Crippen LogP contribution is -1.98. The van der Waals surface area contributed by atoms with Gasteiger partial charge in [0, 0.05) is 12.8 Å². The first-order valence-electron chi connectivity index (χ1n) is 4.75. The molecular formula is C9H16O5S. The Hall–Kier alpha value is -0.590. The monoisotopic (exact) mass is 236 g/mol. The summed E-state index contributed by atoms with van der Waals surface area (Å²) in [4.78, 5) is 20.6. The van der Waals surface area contributed by atoms with E-state index in [-0.39, 0.29) is 12.2 Å². The molecule has 0 aromatic carbocycles. The number of hydrogen-bond donors (Lipinski definition) is 1. The maximum absolute atomic E-state index is 10.5. The van der Waals surface area contributed by atoms with E-state index in [0.29, 0.717) is 32.5 Å². The Morgan fingerprint density at radius 3 is 2.13 bits per heavy atom. The smallest absolute Gasteiger partial charge is 0.303 e. The Morgan fingerprint density at radius 2 is 1.67 bits per heavy atom. The molecular weight excluding hydrogens is 220 g/mol. The zero-order chi connectivity index (χ0) is 11.5. The molecule has 0 spiro atoms. The summed E-state index contributed by atoms with van der Waals surface area (Å²) in [6.07, 6.45) is 1.77. The van der Waals surface area contributed by atoms with E-state index in [1.165, 1.54) is 6.92 Å². The Bertz CT molecular complexity index is 175. The minimum Gasteiger partial charge on any atom is -0.481 e. The largest absolute Gasteiger partial charge is 0.481 e. The number of carboxylic acids is 1. The fraction of sp³-hybridized carbons (Fsp3) is 0.778. The van der Waals surface area contributed by atoms with E-state index in [1.54, 1.807) is 0 Å². The fourth-order valence-electron chi connectivity index (χ4n) is 0.764. The predicted molar refractivity (Wildman–Crippen MR) is 56.3 cm³/mol. The van der Waals surface area contributed by atoms with Crippen LogP contribution in [0.5, 0.6) is 0 Å². The van der Waals surface area contributed by atoms with Crippen LogP contribution < -0.4 is 0 Å². The fourth-order valence-corrected chi connectivity index (χ4v) is 1.20. The van der Waals surface area contributed by atoms with Crippen molar-refractivity contribution >= 4 is 24.1 Å². The van der Waals surface area contributed by atoms with E-state index in [1.807, 2.05) is 0 Å². The highest BCUT2D eigenvalue weighted by molar-refractivity contribution is 7.89. The number of hydrogen-bond acceptors (Lipinski definition) is 5. The molecule has 0 aliphatic carbocycles. The number of carbonyl (C=O) groups excluding carboxylic acids is 1. The lowest BCUT2D eigenvalue weighted by atomic mass is 10.2. The first-order chi connectivity index (χ1) is 7.13. The van der Waals surface area contributed by atoms with Gasteiger partial charge in [0.2, 0.25) is 0 Å². The lowest BCUT2D eigenvalue weighted by Gasteiger charge is -2.01. The Morgan fingerprint density at radius 1 is 1.13 bits per heavy atom. The van der Waals surface area contributed by atoms with Gasteiger partial charge in [-0.1, -0.05) is 0 Å². The van der Waals surface area contributed by atoms with Gasteiger partial charge >= 0.3 is 5.97 Å². The zero-order valence-corrected chi connectivity index (χ0v) is 9.55. The molecule has 0 saturated heterocycles. The van der Waals surface area contributed by atoms with Crippen LogP contribution in [0.3, 0.4) is 0 Å². The third-order valence-corrected chi connectivity index (χ3v) is 2.00. The molecule has 15 heavy (non-hydrogen) atoms. The molecule has 0 aliphatic rings. The van der Waals surface area contributed by atoms with E-state index in [4.69, 9.17) is 13.5 Å². The second-order valence-electron chi connectivity index (χ2n) is 3.01. The molecule has 0 rings (SSSR count). The molecule has 5 nitrogen and oxygen atoms in total. The third-order valence-electron chi connectivity index (χ3n) is 1.47. The van der Waals surface area contributed by atoms with Crippen molar-refractivity contribution in [3.05, 3.63) is 0 Å². The van der Waals surface area contributed by atoms with Gasteiger partial charge in [-0.15, -0.1) is 0 Å². The first-order valence-corrected chi connectivity index (χ1v) is 5.42. The summed E-state index contributed by atoms with van der Waals surface area (Å²) >= 11 is 0.852. The van der Waals surface area contributed by atoms with Crippen molar-refractivity contribution in [2.45, 2.75) is 32.6 Å². The molecule has 0 saturated carbocycles. The van der Waals surface area contributed by atoms with Crippen LogP contribution in [0.15, 0.2) is 0 Å². The number of rotatable bonds is 10. The van der Waals surface area contributed by atoms with E-state index in [2.05, 4.69) is 0 Å². The van der Waals surface area contributed by atoms with Crippen LogP contribution in [0, 0.1) is 0 Å². The molecule has 0 heterocycles. The van der Waals surface area contributed by atoms with E-state index >= 15 is 0 Å². The maximum atomic E-state index is 10.5. The van der Waals surface area contributed by atoms with E-state index in [9.17, 15) is 9.59 Å². The molecule has 88 valence electrons. The molecule has 0 aliphatic heterocycles. The van der Waals surface area contributed by atoms with Crippen molar-refractivity contribution in [2.75, 3.05) is 13.2 Å². The van der Waals surface area contributed by atoms with Crippen LogP contribution in [0.25, 0.3) is 0 Å². The minimum atomic E-state index is -0.828. The van der Waals surface area contributed by atoms with Gasteiger partial charge in [-0.2, -0.15) is 0 Å². The number of ketones is 1. The third kappa shape index (κ3) is 13.4. The highest BCUT2D eigenvalue weighted by Crippen LogP contribution is 2.07. The van der Waals surface area contributed by atoms with Crippen molar-refractivity contribution in [1.29, 1.82) is 0 Å². The normalized spacial score (nSPS) is 10.2. The van der Waals surface area contributed by atoms with Gasteiger partial charge in [0.1, 0.15) is 5.78 Å². The summed E-state index contributed by atoms with van der Waals surface area (Å²) in [6.45, 7) is 2.35. The van der Waals surface area contributed by atoms with Crippen molar-refractivity contribution in [3.63, 3.8) is 0 Å². The second-order valence-corrected chi connectivity index (χ2v) is 3.62. The summed E-state index contributed by atoms with van der Waals surface area (Å²) in [5.74, 6) is -0.683. The van der Waals surface area contributed by atoms with Gasteiger partial charge in [-0.05, 0) is 19.8 Å². The molecule has 0 radical (unpaired) electrons. The summed E-state index contributed by atoms with van der Waals surface area (Å²) in [5, 5.41) is 8.31. The van der Waals surface area contributed by atoms with Gasteiger partial charge in [0.15, 0.2) is 12.3 Å². The summed E-state index contributed by atoms with van der Waals surface area (Å²) < 4.78 is 9.92.